The molecule has 0 N–H and O–H groups in total. The van der Waals surface area contributed by atoms with Gasteiger partial charge in [-0.15, -0.1) is 4.40 Å². The van der Waals surface area contributed by atoms with Crippen molar-refractivity contribution in [1.82, 2.24) is 9.21 Å². The number of benzene rings is 1. The summed E-state index contributed by atoms with van der Waals surface area (Å²) >= 11 is 0. The van der Waals surface area contributed by atoms with Crippen LogP contribution in [0, 0.1) is 13.8 Å². The lowest BCUT2D eigenvalue weighted by molar-refractivity contribution is 0.408. The predicted octanol–water partition coefficient (Wildman–Crippen LogP) is 2.13. The number of rotatable bonds is 3. The molecule has 0 radical (unpaired) electrons. The molecule has 0 bridgehead atoms. The Balaban J connectivity index is 1.93. The van der Waals surface area contributed by atoms with Gasteiger partial charge in [0.15, 0.2) is 0 Å². The van der Waals surface area contributed by atoms with E-state index in [1.165, 1.54) is 4.31 Å². The molecule has 2 aliphatic heterocycles. The predicted molar refractivity (Wildman–Crippen MR) is 112 cm³/mol. The van der Waals surface area contributed by atoms with Crippen molar-refractivity contribution >= 4 is 30.8 Å². The molecule has 0 saturated carbocycles. The van der Waals surface area contributed by atoms with Crippen molar-refractivity contribution < 1.29 is 16.8 Å². The summed E-state index contributed by atoms with van der Waals surface area (Å²) in [6.07, 6.45) is 0.630. The zero-order valence-corrected chi connectivity index (χ0v) is 18.4. The molecule has 28 heavy (non-hydrogen) atoms. The number of amidine groups is 1. The summed E-state index contributed by atoms with van der Waals surface area (Å²) in [6.45, 7) is 9.12. The van der Waals surface area contributed by atoms with Crippen molar-refractivity contribution in [2.24, 2.45) is 4.40 Å². The fourth-order valence-electron chi connectivity index (χ4n) is 3.63. The molecule has 1 saturated heterocycles. The van der Waals surface area contributed by atoms with Gasteiger partial charge in [0, 0.05) is 31.8 Å². The maximum atomic E-state index is 12.8. The summed E-state index contributed by atoms with van der Waals surface area (Å²) in [5.41, 5.74) is 3.39. The lowest BCUT2D eigenvalue weighted by atomic mass is 10.0. The van der Waals surface area contributed by atoms with Gasteiger partial charge >= 0.3 is 0 Å². The normalized spacial score (nSPS) is 21.0. The third-order valence-corrected chi connectivity index (χ3v) is 8.77. The molecular formula is C19H27N3O4S2. The first kappa shape index (κ1) is 21.0. The average molecular weight is 426 g/mol. The van der Waals surface area contributed by atoms with Gasteiger partial charge in [0.2, 0.25) is 10.0 Å². The molecule has 154 valence electrons. The molecule has 9 heteroatoms. The van der Waals surface area contributed by atoms with Crippen LogP contribution >= 0.6 is 0 Å². The second-order valence-corrected chi connectivity index (χ2v) is 11.1. The SMILES string of the molecule is CCS(=O)(=O)N1CCCN(C2=NS(=O)(=O)C(c3ccc(C)c(C)c3)=C2C)CC1. The standard InChI is InChI=1S/C19H27N3O4S2/c1-5-27(23,24)22-10-6-9-21(11-12-22)19-16(4)18(28(25,26)20-19)17-8-7-14(2)15(3)13-17/h7-8,13H,5-6,9-12H2,1-4H3. The van der Waals surface area contributed by atoms with Gasteiger partial charge in [0.1, 0.15) is 10.7 Å². The molecule has 7 nitrogen and oxygen atoms in total. The Morgan fingerprint density at radius 1 is 1.04 bits per heavy atom. The summed E-state index contributed by atoms with van der Waals surface area (Å²) in [5.74, 6) is 0.502. The smallest absolute Gasteiger partial charge is 0.285 e. The van der Waals surface area contributed by atoms with Gasteiger partial charge in [0.25, 0.3) is 10.0 Å². The van der Waals surface area contributed by atoms with E-state index in [0.717, 1.165) is 11.1 Å². The molecule has 0 unspecified atom stereocenters. The number of aryl methyl sites for hydroxylation is 2. The zero-order chi connectivity index (χ0) is 20.7. The van der Waals surface area contributed by atoms with Crippen LogP contribution in [-0.2, 0) is 20.0 Å². The fourth-order valence-corrected chi connectivity index (χ4v) is 6.24. The Hall–Kier alpha value is -1.71. The quantitative estimate of drug-likeness (QED) is 0.740. The van der Waals surface area contributed by atoms with Gasteiger partial charge in [0.05, 0.1) is 5.75 Å². The molecule has 2 heterocycles. The van der Waals surface area contributed by atoms with Crippen LogP contribution in [0.1, 0.15) is 37.0 Å². The van der Waals surface area contributed by atoms with Crippen LogP contribution in [0.15, 0.2) is 28.2 Å². The minimum absolute atomic E-state index is 0.0676. The van der Waals surface area contributed by atoms with Crippen molar-refractivity contribution in [2.75, 3.05) is 31.9 Å². The highest BCUT2D eigenvalue weighted by molar-refractivity contribution is 8.00. The molecular weight excluding hydrogens is 398 g/mol. The highest BCUT2D eigenvalue weighted by Gasteiger charge is 2.35. The largest absolute Gasteiger partial charge is 0.354 e. The van der Waals surface area contributed by atoms with Crippen molar-refractivity contribution in [1.29, 1.82) is 0 Å². The summed E-state index contributed by atoms with van der Waals surface area (Å²) < 4.78 is 55.5. The molecule has 0 aliphatic carbocycles. The molecule has 0 aromatic heterocycles. The van der Waals surface area contributed by atoms with E-state index in [1.807, 2.05) is 36.9 Å². The van der Waals surface area contributed by atoms with E-state index in [1.54, 1.807) is 13.8 Å². The Morgan fingerprint density at radius 3 is 2.39 bits per heavy atom. The van der Waals surface area contributed by atoms with Crippen LogP contribution in [0.25, 0.3) is 4.91 Å². The van der Waals surface area contributed by atoms with Gasteiger partial charge in [-0.05, 0) is 50.8 Å². The van der Waals surface area contributed by atoms with E-state index in [0.29, 0.717) is 49.6 Å². The fraction of sp³-hybridized carbons (Fsp3) is 0.526. The highest BCUT2D eigenvalue weighted by atomic mass is 32.2. The maximum absolute atomic E-state index is 12.8. The van der Waals surface area contributed by atoms with Crippen LogP contribution < -0.4 is 0 Å². The third kappa shape index (κ3) is 3.88. The van der Waals surface area contributed by atoms with E-state index in [-0.39, 0.29) is 10.7 Å². The Labute approximate surface area is 167 Å². The van der Waals surface area contributed by atoms with Crippen molar-refractivity contribution in [2.45, 2.75) is 34.1 Å². The van der Waals surface area contributed by atoms with Crippen molar-refractivity contribution in [3.05, 3.63) is 40.5 Å². The Kier molecular flexibility index (Phi) is 5.71. The highest BCUT2D eigenvalue weighted by Crippen LogP contribution is 2.34. The number of hydrogen-bond donors (Lipinski definition) is 0. The van der Waals surface area contributed by atoms with Gasteiger partial charge in [-0.2, -0.15) is 8.42 Å². The van der Waals surface area contributed by atoms with Gasteiger partial charge in [-0.3, -0.25) is 0 Å². The minimum atomic E-state index is -3.78. The first-order valence-electron chi connectivity index (χ1n) is 9.43. The number of nitrogens with zero attached hydrogens (tertiary/aromatic N) is 3. The molecule has 2 aliphatic rings. The topological polar surface area (TPSA) is 87.1 Å². The van der Waals surface area contributed by atoms with Crippen LogP contribution in [0.5, 0.6) is 0 Å². The van der Waals surface area contributed by atoms with Crippen LogP contribution in [0.2, 0.25) is 0 Å². The molecule has 0 atom stereocenters. The van der Waals surface area contributed by atoms with E-state index < -0.39 is 20.0 Å². The minimum Gasteiger partial charge on any atom is -0.354 e. The van der Waals surface area contributed by atoms with Crippen LogP contribution in [0.3, 0.4) is 0 Å². The van der Waals surface area contributed by atoms with Crippen LogP contribution in [0.4, 0.5) is 0 Å². The van der Waals surface area contributed by atoms with Gasteiger partial charge in [-0.1, -0.05) is 18.2 Å². The molecule has 0 amide bonds. The van der Waals surface area contributed by atoms with E-state index >= 15 is 0 Å². The molecule has 1 fully saturated rings. The van der Waals surface area contributed by atoms with E-state index in [9.17, 15) is 16.8 Å². The summed E-state index contributed by atoms with van der Waals surface area (Å²) in [7, 11) is -7.04. The third-order valence-electron chi connectivity index (χ3n) is 5.42. The van der Waals surface area contributed by atoms with Crippen molar-refractivity contribution in [3.63, 3.8) is 0 Å². The summed E-state index contributed by atoms with van der Waals surface area (Å²) in [6, 6.07) is 5.61. The first-order valence-corrected chi connectivity index (χ1v) is 12.5. The lowest BCUT2D eigenvalue weighted by Crippen LogP contribution is -2.38. The first-order chi connectivity index (χ1) is 13.1. The van der Waals surface area contributed by atoms with E-state index in [2.05, 4.69) is 4.40 Å². The van der Waals surface area contributed by atoms with E-state index in [4.69, 9.17) is 0 Å². The average Bonchev–Trinajstić information content (AvgIpc) is 2.80. The second kappa shape index (κ2) is 7.61. The molecule has 1 aromatic rings. The molecule has 0 spiro atoms. The zero-order valence-electron chi connectivity index (χ0n) is 16.8. The lowest BCUT2D eigenvalue weighted by Gasteiger charge is -2.23. The summed E-state index contributed by atoms with van der Waals surface area (Å²) in [4.78, 5) is 2.14. The second-order valence-electron chi connectivity index (χ2n) is 7.28. The molecule has 3 rings (SSSR count). The maximum Gasteiger partial charge on any atom is 0.285 e. The van der Waals surface area contributed by atoms with Gasteiger partial charge in [-0.25, -0.2) is 12.7 Å². The Morgan fingerprint density at radius 2 is 1.75 bits per heavy atom. The molecule has 1 aromatic carbocycles. The monoisotopic (exact) mass is 425 g/mol. The number of hydrogen-bond acceptors (Lipinski definition) is 5. The van der Waals surface area contributed by atoms with Crippen molar-refractivity contribution in [3.8, 4) is 0 Å². The Bertz CT molecular complexity index is 1060. The van der Waals surface area contributed by atoms with Gasteiger partial charge < -0.3 is 4.90 Å². The number of sulfonamides is 2. The summed E-state index contributed by atoms with van der Waals surface area (Å²) in [5, 5.41) is 0. The van der Waals surface area contributed by atoms with Crippen LogP contribution in [-0.4, -0.2) is 63.8 Å².